The number of nitrogens with one attached hydrogen (secondary N) is 1. The van der Waals surface area contributed by atoms with Crippen LogP contribution in [0, 0.1) is 0 Å². The predicted octanol–water partition coefficient (Wildman–Crippen LogP) is 5.12. The van der Waals surface area contributed by atoms with Gasteiger partial charge in [0.15, 0.2) is 0 Å². The molecule has 2 amide bonds. The zero-order chi connectivity index (χ0) is 20.8. The molecule has 1 atom stereocenters. The lowest BCUT2D eigenvalue weighted by Crippen LogP contribution is -2.50. The fourth-order valence-corrected chi connectivity index (χ4v) is 4.03. The Balaban J connectivity index is 1.75. The van der Waals surface area contributed by atoms with Crippen molar-refractivity contribution in [2.45, 2.75) is 57.7 Å². The van der Waals surface area contributed by atoms with E-state index in [-0.39, 0.29) is 24.3 Å². The van der Waals surface area contributed by atoms with Crippen molar-refractivity contribution >= 4 is 39.3 Å². The van der Waals surface area contributed by atoms with Gasteiger partial charge in [-0.2, -0.15) is 0 Å². The van der Waals surface area contributed by atoms with Crippen molar-refractivity contribution in [2.24, 2.45) is 0 Å². The lowest BCUT2D eigenvalue weighted by atomic mass is 10.1. The molecule has 0 spiro atoms. The van der Waals surface area contributed by atoms with Crippen molar-refractivity contribution in [3.05, 3.63) is 69.2 Å². The highest BCUT2D eigenvalue weighted by Crippen LogP contribution is 2.19. The van der Waals surface area contributed by atoms with E-state index in [1.54, 1.807) is 17.0 Å². The lowest BCUT2D eigenvalue weighted by Gasteiger charge is -2.30. The Morgan fingerprint density at radius 3 is 2.28 bits per heavy atom. The Kier molecular flexibility index (Phi) is 7.73. The Bertz CT molecular complexity index is 833. The maximum absolute atomic E-state index is 13.2. The average Bonchev–Trinajstić information content (AvgIpc) is 3.21. The van der Waals surface area contributed by atoms with E-state index in [1.165, 1.54) is 0 Å². The Morgan fingerprint density at radius 1 is 1.07 bits per heavy atom. The first kappa shape index (κ1) is 21.8. The standard InChI is InChI=1S/C23H26BrClN2O2/c1-16(23(29)26-21-4-2-3-5-21)27(15-18-6-10-19(24)11-7-18)22(28)14-17-8-12-20(25)13-9-17/h6-13,16,21H,2-5,14-15H2,1H3,(H,26,29). The highest BCUT2D eigenvalue weighted by Gasteiger charge is 2.28. The van der Waals surface area contributed by atoms with E-state index >= 15 is 0 Å². The summed E-state index contributed by atoms with van der Waals surface area (Å²) in [5, 5.41) is 3.76. The van der Waals surface area contributed by atoms with Crippen LogP contribution in [-0.4, -0.2) is 28.8 Å². The third-order valence-electron chi connectivity index (χ3n) is 5.40. The topological polar surface area (TPSA) is 49.4 Å². The van der Waals surface area contributed by atoms with Crippen LogP contribution in [0.25, 0.3) is 0 Å². The van der Waals surface area contributed by atoms with Gasteiger partial charge in [0.05, 0.1) is 6.42 Å². The molecule has 0 saturated heterocycles. The van der Waals surface area contributed by atoms with Crippen molar-refractivity contribution in [3.63, 3.8) is 0 Å². The van der Waals surface area contributed by atoms with E-state index in [0.29, 0.717) is 11.6 Å². The minimum absolute atomic E-state index is 0.0793. The molecule has 2 aromatic rings. The second-order valence-corrected chi connectivity index (χ2v) is 8.97. The summed E-state index contributed by atoms with van der Waals surface area (Å²) in [7, 11) is 0. The van der Waals surface area contributed by atoms with Crippen LogP contribution in [0.5, 0.6) is 0 Å². The van der Waals surface area contributed by atoms with Crippen molar-refractivity contribution in [1.82, 2.24) is 10.2 Å². The number of nitrogens with zero attached hydrogens (tertiary/aromatic N) is 1. The zero-order valence-electron chi connectivity index (χ0n) is 16.5. The number of rotatable bonds is 7. The molecule has 0 aromatic heterocycles. The van der Waals surface area contributed by atoms with Crippen molar-refractivity contribution in [2.75, 3.05) is 0 Å². The summed E-state index contributed by atoms with van der Waals surface area (Å²) in [6, 6.07) is 14.8. The first-order chi connectivity index (χ1) is 13.9. The summed E-state index contributed by atoms with van der Waals surface area (Å²) >= 11 is 9.39. The number of hydrogen-bond donors (Lipinski definition) is 1. The molecule has 29 heavy (non-hydrogen) atoms. The first-order valence-corrected chi connectivity index (χ1v) is 11.2. The van der Waals surface area contributed by atoms with Gasteiger partial charge in [0, 0.05) is 22.1 Å². The van der Waals surface area contributed by atoms with Crippen LogP contribution < -0.4 is 5.32 Å². The highest BCUT2D eigenvalue weighted by molar-refractivity contribution is 9.10. The van der Waals surface area contributed by atoms with Gasteiger partial charge in [0.1, 0.15) is 6.04 Å². The third kappa shape index (κ3) is 6.31. The molecule has 0 heterocycles. The molecular formula is C23H26BrClN2O2. The van der Waals surface area contributed by atoms with Gasteiger partial charge in [-0.1, -0.05) is 64.6 Å². The molecule has 6 heteroatoms. The molecule has 3 rings (SSSR count). The van der Waals surface area contributed by atoms with E-state index in [9.17, 15) is 9.59 Å². The summed E-state index contributed by atoms with van der Waals surface area (Å²) in [5.41, 5.74) is 1.86. The van der Waals surface area contributed by atoms with E-state index < -0.39 is 6.04 Å². The average molecular weight is 478 g/mol. The summed E-state index contributed by atoms with van der Waals surface area (Å²) in [4.78, 5) is 27.7. The van der Waals surface area contributed by atoms with Crippen LogP contribution in [0.15, 0.2) is 53.0 Å². The predicted molar refractivity (Wildman–Crippen MR) is 120 cm³/mol. The van der Waals surface area contributed by atoms with Gasteiger partial charge in [-0.3, -0.25) is 9.59 Å². The zero-order valence-corrected chi connectivity index (χ0v) is 18.9. The molecule has 1 fully saturated rings. The largest absolute Gasteiger partial charge is 0.352 e. The molecule has 0 aliphatic heterocycles. The molecule has 1 unspecified atom stereocenters. The van der Waals surface area contributed by atoms with Gasteiger partial charge < -0.3 is 10.2 Å². The fraction of sp³-hybridized carbons (Fsp3) is 0.391. The molecular weight excluding hydrogens is 452 g/mol. The first-order valence-electron chi connectivity index (χ1n) is 10.0. The second kappa shape index (κ2) is 10.3. The van der Waals surface area contributed by atoms with Crippen LogP contribution >= 0.6 is 27.5 Å². The summed E-state index contributed by atoms with van der Waals surface area (Å²) in [6.07, 6.45) is 4.57. The molecule has 1 aliphatic rings. The maximum Gasteiger partial charge on any atom is 0.242 e. The molecule has 4 nitrogen and oxygen atoms in total. The summed E-state index contributed by atoms with van der Waals surface area (Å²) < 4.78 is 0.979. The van der Waals surface area contributed by atoms with Gasteiger partial charge in [0.2, 0.25) is 11.8 Å². The Morgan fingerprint density at radius 2 is 1.66 bits per heavy atom. The quantitative estimate of drug-likeness (QED) is 0.601. The number of amides is 2. The fourth-order valence-electron chi connectivity index (χ4n) is 3.64. The van der Waals surface area contributed by atoms with Gasteiger partial charge in [-0.25, -0.2) is 0 Å². The number of benzene rings is 2. The SMILES string of the molecule is CC(C(=O)NC1CCCC1)N(Cc1ccc(Br)cc1)C(=O)Cc1ccc(Cl)cc1. The van der Waals surface area contributed by atoms with E-state index in [1.807, 2.05) is 43.3 Å². The molecule has 0 radical (unpaired) electrons. The normalized spacial score (nSPS) is 15.1. The van der Waals surface area contributed by atoms with Crippen LogP contribution in [0.2, 0.25) is 5.02 Å². The second-order valence-electron chi connectivity index (χ2n) is 7.62. The van der Waals surface area contributed by atoms with E-state index in [0.717, 1.165) is 41.3 Å². The molecule has 1 saturated carbocycles. The number of hydrogen-bond acceptors (Lipinski definition) is 2. The molecule has 2 aromatic carbocycles. The van der Waals surface area contributed by atoms with Crippen LogP contribution in [-0.2, 0) is 22.6 Å². The third-order valence-corrected chi connectivity index (χ3v) is 6.18. The van der Waals surface area contributed by atoms with Crippen molar-refractivity contribution in [1.29, 1.82) is 0 Å². The van der Waals surface area contributed by atoms with E-state index in [4.69, 9.17) is 11.6 Å². The van der Waals surface area contributed by atoms with Gasteiger partial charge in [-0.05, 0) is 55.2 Å². The smallest absolute Gasteiger partial charge is 0.242 e. The van der Waals surface area contributed by atoms with Gasteiger partial charge >= 0.3 is 0 Å². The van der Waals surface area contributed by atoms with Crippen LogP contribution in [0.4, 0.5) is 0 Å². The van der Waals surface area contributed by atoms with Crippen molar-refractivity contribution in [3.8, 4) is 0 Å². The Labute approximate surface area is 185 Å². The lowest BCUT2D eigenvalue weighted by molar-refractivity contribution is -0.140. The monoisotopic (exact) mass is 476 g/mol. The highest BCUT2D eigenvalue weighted by atomic mass is 79.9. The summed E-state index contributed by atoms with van der Waals surface area (Å²) in [5.74, 6) is -0.164. The minimum Gasteiger partial charge on any atom is -0.352 e. The van der Waals surface area contributed by atoms with Crippen molar-refractivity contribution < 1.29 is 9.59 Å². The summed E-state index contributed by atoms with van der Waals surface area (Å²) in [6.45, 7) is 2.20. The van der Waals surface area contributed by atoms with E-state index in [2.05, 4.69) is 21.2 Å². The Hall–Kier alpha value is -1.85. The van der Waals surface area contributed by atoms with Gasteiger partial charge in [0.25, 0.3) is 0 Å². The number of carbonyl (C=O) groups is 2. The number of halogens is 2. The molecule has 154 valence electrons. The van der Waals surface area contributed by atoms with Crippen LogP contribution in [0.1, 0.15) is 43.7 Å². The maximum atomic E-state index is 13.2. The minimum atomic E-state index is -0.543. The molecule has 1 N–H and O–H groups in total. The molecule has 1 aliphatic carbocycles. The molecule has 0 bridgehead atoms. The number of carbonyl (C=O) groups excluding carboxylic acids is 2. The van der Waals surface area contributed by atoms with Crippen LogP contribution in [0.3, 0.4) is 0 Å². The van der Waals surface area contributed by atoms with Gasteiger partial charge in [-0.15, -0.1) is 0 Å².